The fraction of sp³-hybridized carbons (Fsp3) is 0.533. The first-order valence-corrected chi connectivity index (χ1v) is 7.38. The van der Waals surface area contributed by atoms with Gasteiger partial charge in [0.05, 0.1) is 19.2 Å². The molecule has 20 heavy (non-hydrogen) atoms. The number of aliphatic hydroxyl groups excluding tert-OH is 1. The number of aliphatic hydroxyl groups is 1. The number of nitrogens with zero attached hydrogens (tertiary/aromatic N) is 1. The highest BCUT2D eigenvalue weighted by molar-refractivity contribution is 6.31. The largest absolute Gasteiger partial charge is 0.395 e. The molecular formula is C15H21ClN2O2. The second-order valence-corrected chi connectivity index (χ2v) is 5.67. The van der Waals surface area contributed by atoms with Crippen molar-refractivity contribution in [2.75, 3.05) is 19.7 Å². The van der Waals surface area contributed by atoms with Crippen LogP contribution in [-0.4, -0.2) is 41.7 Å². The zero-order chi connectivity index (χ0) is 14.5. The molecule has 5 heteroatoms. The van der Waals surface area contributed by atoms with Gasteiger partial charge < -0.3 is 10.4 Å². The van der Waals surface area contributed by atoms with Crippen LogP contribution in [0, 0.1) is 0 Å². The summed E-state index contributed by atoms with van der Waals surface area (Å²) in [6.07, 6.45) is 2.00. The van der Waals surface area contributed by atoms with Gasteiger partial charge in [-0.3, -0.25) is 9.69 Å². The Morgan fingerprint density at radius 3 is 3.00 bits per heavy atom. The first-order valence-electron chi connectivity index (χ1n) is 7.00. The van der Waals surface area contributed by atoms with Crippen molar-refractivity contribution in [1.82, 2.24) is 10.2 Å². The van der Waals surface area contributed by atoms with Gasteiger partial charge in [-0.1, -0.05) is 29.8 Å². The number of hydrogen-bond donors (Lipinski definition) is 2. The highest BCUT2D eigenvalue weighted by atomic mass is 35.5. The zero-order valence-electron chi connectivity index (χ0n) is 11.7. The zero-order valence-corrected chi connectivity index (χ0v) is 12.4. The van der Waals surface area contributed by atoms with Crippen molar-refractivity contribution in [2.24, 2.45) is 0 Å². The normalized spacial score (nSPS) is 20.9. The van der Waals surface area contributed by atoms with Crippen LogP contribution in [0.25, 0.3) is 0 Å². The maximum atomic E-state index is 12.1. The Balaban J connectivity index is 1.90. The molecule has 0 aliphatic carbocycles. The third kappa shape index (κ3) is 3.72. The lowest BCUT2D eigenvalue weighted by molar-refractivity contribution is -0.123. The van der Waals surface area contributed by atoms with E-state index in [9.17, 15) is 9.90 Å². The predicted octanol–water partition coefficient (Wildman–Crippen LogP) is 1.97. The van der Waals surface area contributed by atoms with E-state index in [0.717, 1.165) is 24.9 Å². The SMILES string of the molecule is CC(NC(=O)CN1CCC[C@@H]1CO)c1ccccc1Cl. The summed E-state index contributed by atoms with van der Waals surface area (Å²) in [4.78, 5) is 14.1. The molecule has 0 radical (unpaired) electrons. The highest BCUT2D eigenvalue weighted by Gasteiger charge is 2.25. The first-order chi connectivity index (χ1) is 9.61. The number of rotatable bonds is 5. The summed E-state index contributed by atoms with van der Waals surface area (Å²) in [6.45, 7) is 3.25. The van der Waals surface area contributed by atoms with Crippen molar-refractivity contribution < 1.29 is 9.90 Å². The maximum absolute atomic E-state index is 12.1. The Hall–Kier alpha value is -1.10. The van der Waals surface area contributed by atoms with Crippen LogP contribution in [0.1, 0.15) is 31.4 Å². The lowest BCUT2D eigenvalue weighted by atomic mass is 10.1. The fourth-order valence-corrected chi connectivity index (χ4v) is 2.99. The van der Waals surface area contributed by atoms with E-state index in [-0.39, 0.29) is 24.6 Å². The molecule has 1 unspecified atom stereocenters. The van der Waals surface area contributed by atoms with Gasteiger partial charge in [-0.2, -0.15) is 0 Å². The van der Waals surface area contributed by atoms with Gasteiger partial charge in [-0.05, 0) is 37.9 Å². The van der Waals surface area contributed by atoms with E-state index >= 15 is 0 Å². The van der Waals surface area contributed by atoms with Gasteiger partial charge in [0.15, 0.2) is 0 Å². The molecule has 1 aromatic rings. The Morgan fingerprint density at radius 1 is 1.55 bits per heavy atom. The van der Waals surface area contributed by atoms with E-state index in [1.54, 1.807) is 0 Å². The summed E-state index contributed by atoms with van der Waals surface area (Å²) in [6, 6.07) is 7.52. The minimum Gasteiger partial charge on any atom is -0.395 e. The van der Waals surface area contributed by atoms with Crippen molar-refractivity contribution >= 4 is 17.5 Å². The molecule has 1 aliphatic heterocycles. The third-order valence-corrected chi connectivity index (χ3v) is 4.15. The predicted molar refractivity (Wildman–Crippen MR) is 79.7 cm³/mol. The summed E-state index contributed by atoms with van der Waals surface area (Å²) in [7, 11) is 0. The average molecular weight is 297 g/mol. The number of carbonyl (C=O) groups excluding carboxylic acids is 1. The minimum absolute atomic E-state index is 0.0298. The Kier molecular flexibility index (Phi) is 5.40. The van der Waals surface area contributed by atoms with E-state index in [0.29, 0.717) is 11.6 Å². The molecule has 2 N–H and O–H groups in total. The molecule has 0 bridgehead atoms. The lowest BCUT2D eigenvalue weighted by Gasteiger charge is -2.23. The molecule has 1 aromatic carbocycles. The molecule has 1 fully saturated rings. The van der Waals surface area contributed by atoms with Crippen LogP contribution in [0.4, 0.5) is 0 Å². The summed E-state index contributed by atoms with van der Waals surface area (Å²) < 4.78 is 0. The first kappa shape index (κ1) is 15.3. The molecular weight excluding hydrogens is 276 g/mol. The fourth-order valence-electron chi connectivity index (χ4n) is 2.69. The molecule has 1 heterocycles. The third-order valence-electron chi connectivity index (χ3n) is 3.81. The summed E-state index contributed by atoms with van der Waals surface area (Å²) in [5, 5.41) is 12.9. The number of amides is 1. The highest BCUT2D eigenvalue weighted by Crippen LogP contribution is 2.22. The van der Waals surface area contributed by atoms with Gasteiger partial charge in [0.1, 0.15) is 0 Å². The van der Waals surface area contributed by atoms with Gasteiger partial charge in [0.2, 0.25) is 5.91 Å². The molecule has 110 valence electrons. The van der Waals surface area contributed by atoms with Crippen molar-refractivity contribution in [3.05, 3.63) is 34.9 Å². The van der Waals surface area contributed by atoms with Crippen molar-refractivity contribution in [1.29, 1.82) is 0 Å². The Labute approximate surface area is 124 Å². The van der Waals surface area contributed by atoms with E-state index < -0.39 is 0 Å². The number of hydrogen-bond acceptors (Lipinski definition) is 3. The lowest BCUT2D eigenvalue weighted by Crippen LogP contribution is -2.41. The standard InChI is InChI=1S/C15H21ClN2O2/c1-11(13-6-2-3-7-14(13)16)17-15(20)9-18-8-4-5-12(18)10-19/h2-3,6-7,11-12,19H,4-5,8-10H2,1H3,(H,17,20)/t11?,12-/m1/s1. The minimum atomic E-state index is -0.119. The van der Waals surface area contributed by atoms with Crippen LogP contribution >= 0.6 is 11.6 Å². The molecule has 0 spiro atoms. The number of carbonyl (C=O) groups is 1. The van der Waals surface area contributed by atoms with Crippen molar-refractivity contribution in [3.8, 4) is 0 Å². The number of halogens is 1. The Bertz CT molecular complexity index is 467. The Morgan fingerprint density at radius 2 is 2.30 bits per heavy atom. The average Bonchev–Trinajstić information content (AvgIpc) is 2.86. The van der Waals surface area contributed by atoms with Gasteiger partial charge in [0.25, 0.3) is 0 Å². The number of benzene rings is 1. The molecule has 1 amide bonds. The molecule has 4 nitrogen and oxygen atoms in total. The van der Waals surface area contributed by atoms with E-state index in [1.807, 2.05) is 36.1 Å². The quantitative estimate of drug-likeness (QED) is 0.873. The topological polar surface area (TPSA) is 52.6 Å². The van der Waals surface area contributed by atoms with Crippen LogP contribution < -0.4 is 5.32 Å². The maximum Gasteiger partial charge on any atom is 0.234 e. The van der Waals surface area contributed by atoms with E-state index in [4.69, 9.17) is 11.6 Å². The molecule has 1 saturated heterocycles. The summed E-state index contributed by atoms with van der Waals surface area (Å²) in [5.41, 5.74) is 0.919. The van der Waals surface area contributed by atoms with Gasteiger partial charge >= 0.3 is 0 Å². The van der Waals surface area contributed by atoms with Crippen LogP contribution in [-0.2, 0) is 4.79 Å². The van der Waals surface area contributed by atoms with Gasteiger partial charge in [0, 0.05) is 11.1 Å². The summed E-state index contributed by atoms with van der Waals surface area (Å²) >= 11 is 6.12. The van der Waals surface area contributed by atoms with Crippen LogP contribution in [0.2, 0.25) is 5.02 Å². The van der Waals surface area contributed by atoms with E-state index in [1.165, 1.54) is 0 Å². The monoisotopic (exact) mass is 296 g/mol. The smallest absolute Gasteiger partial charge is 0.234 e. The number of likely N-dealkylation sites (tertiary alicyclic amines) is 1. The van der Waals surface area contributed by atoms with Gasteiger partial charge in [-0.25, -0.2) is 0 Å². The number of nitrogens with one attached hydrogen (secondary N) is 1. The second kappa shape index (κ2) is 7.07. The molecule has 0 saturated carbocycles. The van der Waals surface area contributed by atoms with Crippen LogP contribution in [0.3, 0.4) is 0 Å². The molecule has 1 aliphatic rings. The van der Waals surface area contributed by atoms with Gasteiger partial charge in [-0.15, -0.1) is 0 Å². The van der Waals surface area contributed by atoms with Crippen molar-refractivity contribution in [3.63, 3.8) is 0 Å². The molecule has 0 aromatic heterocycles. The van der Waals surface area contributed by atoms with Crippen LogP contribution in [0.5, 0.6) is 0 Å². The molecule has 2 rings (SSSR count). The van der Waals surface area contributed by atoms with E-state index in [2.05, 4.69) is 5.32 Å². The molecule has 2 atom stereocenters. The van der Waals surface area contributed by atoms with Crippen LogP contribution in [0.15, 0.2) is 24.3 Å². The second-order valence-electron chi connectivity index (χ2n) is 5.26. The summed E-state index contributed by atoms with van der Waals surface area (Å²) in [5.74, 6) is -0.0298. The van der Waals surface area contributed by atoms with Crippen molar-refractivity contribution in [2.45, 2.75) is 31.8 Å².